The number of hydrogen-bond donors (Lipinski definition) is 0. The molecule has 0 atom stereocenters. The molecule has 2 aromatic rings. The van der Waals surface area contributed by atoms with E-state index in [2.05, 4.69) is 32.0 Å². The first-order valence-corrected chi connectivity index (χ1v) is 7.80. The van der Waals surface area contributed by atoms with E-state index in [4.69, 9.17) is 0 Å². The van der Waals surface area contributed by atoms with Gasteiger partial charge in [-0.25, -0.2) is 0 Å². The number of pyridine rings is 1. The second-order valence-electron chi connectivity index (χ2n) is 5.55. The standard InChI is InChI=1S/C18H25NO/c1-4-6-10-14-15-12-8-9-13-17(15)19(3)18(20)16(14)11-7-5-2/h8-9,12-13H,4-7,10-11H2,1-3H3. The molecule has 20 heavy (non-hydrogen) atoms. The quantitative estimate of drug-likeness (QED) is 0.771. The third kappa shape index (κ3) is 2.79. The van der Waals surface area contributed by atoms with Crippen LogP contribution in [0.15, 0.2) is 29.1 Å². The number of para-hydroxylation sites is 1. The van der Waals surface area contributed by atoms with Crippen LogP contribution in [0.5, 0.6) is 0 Å². The highest BCUT2D eigenvalue weighted by molar-refractivity contribution is 5.83. The van der Waals surface area contributed by atoms with Gasteiger partial charge in [0.25, 0.3) is 5.56 Å². The van der Waals surface area contributed by atoms with E-state index in [1.54, 1.807) is 0 Å². The summed E-state index contributed by atoms with van der Waals surface area (Å²) in [6.45, 7) is 4.38. The molecule has 0 bridgehead atoms. The van der Waals surface area contributed by atoms with Crippen molar-refractivity contribution >= 4 is 10.9 Å². The van der Waals surface area contributed by atoms with Crippen LogP contribution in [0.25, 0.3) is 10.9 Å². The maximum absolute atomic E-state index is 12.6. The van der Waals surface area contributed by atoms with Crippen LogP contribution >= 0.6 is 0 Å². The highest BCUT2D eigenvalue weighted by Gasteiger charge is 2.13. The molecule has 2 heteroatoms. The number of aromatic nitrogens is 1. The smallest absolute Gasteiger partial charge is 0.254 e. The van der Waals surface area contributed by atoms with Gasteiger partial charge in [0.2, 0.25) is 0 Å². The molecule has 0 saturated heterocycles. The van der Waals surface area contributed by atoms with E-state index in [1.807, 2.05) is 17.7 Å². The van der Waals surface area contributed by atoms with Crippen LogP contribution in [-0.2, 0) is 19.9 Å². The van der Waals surface area contributed by atoms with Gasteiger partial charge in [-0.15, -0.1) is 0 Å². The summed E-state index contributed by atoms with van der Waals surface area (Å²) in [5, 5.41) is 1.26. The Labute approximate surface area is 121 Å². The third-order valence-electron chi connectivity index (χ3n) is 4.08. The fourth-order valence-electron chi connectivity index (χ4n) is 2.88. The number of hydrogen-bond acceptors (Lipinski definition) is 1. The minimum absolute atomic E-state index is 0.197. The van der Waals surface area contributed by atoms with Crippen molar-refractivity contribution in [3.05, 3.63) is 45.7 Å². The van der Waals surface area contributed by atoms with Gasteiger partial charge in [-0.2, -0.15) is 0 Å². The Kier molecular flexibility index (Phi) is 4.99. The molecule has 1 aromatic heterocycles. The molecular weight excluding hydrogens is 246 g/mol. The Bertz CT molecular complexity index is 640. The average molecular weight is 271 g/mol. The SMILES string of the molecule is CCCCc1c(CCCC)c2ccccc2n(C)c1=O. The first-order valence-electron chi connectivity index (χ1n) is 7.80. The summed E-state index contributed by atoms with van der Waals surface area (Å²) >= 11 is 0. The lowest BCUT2D eigenvalue weighted by Gasteiger charge is -2.15. The van der Waals surface area contributed by atoms with Crippen molar-refractivity contribution < 1.29 is 0 Å². The van der Waals surface area contributed by atoms with Gasteiger partial charge in [0, 0.05) is 18.0 Å². The summed E-state index contributed by atoms with van der Waals surface area (Å²) in [5.74, 6) is 0. The molecule has 0 aliphatic carbocycles. The molecule has 108 valence electrons. The number of aryl methyl sites for hydroxylation is 2. The normalized spacial score (nSPS) is 11.2. The molecule has 0 N–H and O–H groups in total. The Hall–Kier alpha value is -1.57. The number of benzene rings is 1. The molecule has 0 aliphatic rings. The largest absolute Gasteiger partial charge is 0.311 e. The van der Waals surface area contributed by atoms with Crippen molar-refractivity contribution in [2.24, 2.45) is 7.05 Å². The second kappa shape index (κ2) is 6.74. The summed E-state index contributed by atoms with van der Waals surface area (Å²) in [6.07, 6.45) is 6.46. The van der Waals surface area contributed by atoms with E-state index in [1.165, 1.54) is 10.9 Å². The molecule has 0 spiro atoms. The predicted molar refractivity (Wildman–Crippen MR) is 86.4 cm³/mol. The maximum Gasteiger partial charge on any atom is 0.254 e. The highest BCUT2D eigenvalue weighted by atomic mass is 16.1. The van der Waals surface area contributed by atoms with Gasteiger partial charge in [0.05, 0.1) is 5.52 Å². The third-order valence-corrected chi connectivity index (χ3v) is 4.08. The lowest BCUT2D eigenvalue weighted by Crippen LogP contribution is -2.24. The van der Waals surface area contributed by atoms with E-state index >= 15 is 0 Å². The molecule has 0 unspecified atom stereocenters. The molecule has 0 radical (unpaired) electrons. The van der Waals surface area contributed by atoms with E-state index < -0.39 is 0 Å². The van der Waals surface area contributed by atoms with Gasteiger partial charge in [0.15, 0.2) is 0 Å². The molecule has 0 fully saturated rings. The van der Waals surface area contributed by atoms with Gasteiger partial charge in [-0.3, -0.25) is 4.79 Å². The Balaban J connectivity index is 2.66. The number of rotatable bonds is 6. The zero-order valence-electron chi connectivity index (χ0n) is 12.9. The van der Waals surface area contributed by atoms with Gasteiger partial charge in [0.1, 0.15) is 0 Å². The van der Waals surface area contributed by atoms with Crippen molar-refractivity contribution in [2.75, 3.05) is 0 Å². The monoisotopic (exact) mass is 271 g/mol. The maximum atomic E-state index is 12.6. The van der Waals surface area contributed by atoms with Crippen LogP contribution in [0.3, 0.4) is 0 Å². The van der Waals surface area contributed by atoms with Gasteiger partial charge >= 0.3 is 0 Å². The molecular formula is C18H25NO. The van der Waals surface area contributed by atoms with Crippen molar-refractivity contribution in [3.63, 3.8) is 0 Å². The Morgan fingerprint density at radius 1 is 0.950 bits per heavy atom. The lowest BCUT2D eigenvalue weighted by molar-refractivity contribution is 0.740. The van der Waals surface area contributed by atoms with Crippen LogP contribution < -0.4 is 5.56 Å². The number of unbranched alkanes of at least 4 members (excludes halogenated alkanes) is 2. The van der Waals surface area contributed by atoms with Gasteiger partial charge in [-0.1, -0.05) is 44.9 Å². The van der Waals surface area contributed by atoms with Crippen molar-refractivity contribution in [1.82, 2.24) is 4.57 Å². The molecule has 1 heterocycles. The minimum atomic E-state index is 0.197. The minimum Gasteiger partial charge on any atom is -0.311 e. The summed E-state index contributed by atoms with van der Waals surface area (Å²) in [5.41, 5.74) is 3.59. The van der Waals surface area contributed by atoms with Gasteiger partial charge < -0.3 is 4.57 Å². The van der Waals surface area contributed by atoms with Crippen LogP contribution in [0, 0.1) is 0 Å². The molecule has 0 aliphatic heterocycles. The second-order valence-corrected chi connectivity index (χ2v) is 5.55. The zero-order chi connectivity index (χ0) is 14.5. The van der Waals surface area contributed by atoms with Crippen LogP contribution in [-0.4, -0.2) is 4.57 Å². The van der Waals surface area contributed by atoms with Crippen LogP contribution in [0.2, 0.25) is 0 Å². The van der Waals surface area contributed by atoms with E-state index in [-0.39, 0.29) is 5.56 Å². The van der Waals surface area contributed by atoms with Crippen molar-refractivity contribution in [2.45, 2.75) is 52.4 Å². The van der Waals surface area contributed by atoms with E-state index in [0.29, 0.717) is 0 Å². The molecule has 2 nitrogen and oxygen atoms in total. The average Bonchev–Trinajstić information content (AvgIpc) is 2.48. The summed E-state index contributed by atoms with van der Waals surface area (Å²) < 4.78 is 1.82. The highest BCUT2D eigenvalue weighted by Crippen LogP contribution is 2.22. The predicted octanol–water partition coefficient (Wildman–Crippen LogP) is 4.22. The van der Waals surface area contributed by atoms with Crippen LogP contribution in [0.4, 0.5) is 0 Å². The Morgan fingerprint density at radius 2 is 1.55 bits per heavy atom. The summed E-state index contributed by atoms with van der Waals surface area (Å²) in [4.78, 5) is 12.6. The number of nitrogens with zero attached hydrogens (tertiary/aromatic N) is 1. The summed E-state index contributed by atoms with van der Waals surface area (Å²) in [7, 11) is 1.89. The summed E-state index contributed by atoms with van der Waals surface area (Å²) in [6, 6.07) is 8.30. The lowest BCUT2D eigenvalue weighted by atomic mass is 9.95. The Morgan fingerprint density at radius 3 is 2.20 bits per heavy atom. The molecule has 2 rings (SSSR count). The first-order chi connectivity index (χ1) is 9.70. The van der Waals surface area contributed by atoms with Crippen molar-refractivity contribution in [3.8, 4) is 0 Å². The molecule has 1 aromatic carbocycles. The topological polar surface area (TPSA) is 22.0 Å². The van der Waals surface area contributed by atoms with Crippen molar-refractivity contribution in [1.29, 1.82) is 0 Å². The van der Waals surface area contributed by atoms with Crippen LogP contribution in [0.1, 0.15) is 50.7 Å². The molecule has 0 amide bonds. The zero-order valence-corrected chi connectivity index (χ0v) is 12.9. The number of fused-ring (bicyclic) bond motifs is 1. The fraction of sp³-hybridized carbons (Fsp3) is 0.500. The first kappa shape index (κ1) is 14.8. The van der Waals surface area contributed by atoms with E-state index in [9.17, 15) is 4.79 Å². The molecule has 0 saturated carbocycles. The fourth-order valence-corrected chi connectivity index (χ4v) is 2.88. The van der Waals surface area contributed by atoms with Gasteiger partial charge in [-0.05, 0) is 37.3 Å². The van der Waals surface area contributed by atoms with E-state index in [0.717, 1.165) is 49.6 Å².